The van der Waals surface area contributed by atoms with Crippen LogP contribution in [0.1, 0.15) is 24.1 Å². The molecule has 0 saturated carbocycles. The molecular formula is C17H24N4O3S. The van der Waals surface area contributed by atoms with Gasteiger partial charge in [-0.15, -0.1) is 11.8 Å². The number of nitrogens with one attached hydrogen (secondary N) is 2. The Labute approximate surface area is 151 Å². The zero-order valence-corrected chi connectivity index (χ0v) is 15.4. The van der Waals surface area contributed by atoms with Gasteiger partial charge >= 0.3 is 6.03 Å². The Morgan fingerprint density at radius 2 is 2.24 bits per heavy atom. The summed E-state index contributed by atoms with van der Waals surface area (Å²) in [4.78, 5) is 30.7. The summed E-state index contributed by atoms with van der Waals surface area (Å²) in [5.74, 6) is 0.593. The molecule has 2 aliphatic heterocycles. The number of hydrogen-bond acceptors (Lipinski definition) is 5. The molecule has 3 heterocycles. The molecular weight excluding hydrogens is 340 g/mol. The molecule has 0 spiro atoms. The summed E-state index contributed by atoms with van der Waals surface area (Å²) >= 11 is 1.66. The molecule has 25 heavy (non-hydrogen) atoms. The third-order valence-electron chi connectivity index (χ3n) is 4.30. The van der Waals surface area contributed by atoms with Gasteiger partial charge in [0, 0.05) is 31.1 Å². The largest absolute Gasteiger partial charge is 0.376 e. The van der Waals surface area contributed by atoms with E-state index in [1.54, 1.807) is 16.7 Å². The maximum atomic E-state index is 12.5. The molecule has 1 saturated heterocycles. The second kappa shape index (κ2) is 8.05. The number of aromatic nitrogens is 1. The Kier molecular flexibility index (Phi) is 5.80. The monoisotopic (exact) mass is 364 g/mol. The first-order valence-electron chi connectivity index (χ1n) is 8.59. The van der Waals surface area contributed by atoms with Crippen molar-refractivity contribution in [2.24, 2.45) is 0 Å². The first-order valence-corrected chi connectivity index (χ1v) is 9.58. The fraction of sp³-hybridized carbons (Fsp3) is 0.588. The molecule has 3 amide bonds. The molecule has 3 rings (SSSR count). The smallest absolute Gasteiger partial charge is 0.322 e. The first-order chi connectivity index (χ1) is 12.0. The minimum atomic E-state index is -0.262. The minimum Gasteiger partial charge on any atom is -0.376 e. The van der Waals surface area contributed by atoms with Crippen LogP contribution in [0.15, 0.2) is 11.1 Å². The summed E-state index contributed by atoms with van der Waals surface area (Å²) in [6.07, 6.45) is 2.11. The molecule has 0 unspecified atom stereocenters. The molecule has 0 aromatic carbocycles. The highest BCUT2D eigenvalue weighted by molar-refractivity contribution is 7.99. The van der Waals surface area contributed by atoms with Crippen molar-refractivity contribution in [2.45, 2.75) is 37.8 Å². The summed E-state index contributed by atoms with van der Waals surface area (Å²) in [6.45, 7) is 5.76. The van der Waals surface area contributed by atoms with Crippen molar-refractivity contribution in [2.75, 3.05) is 36.9 Å². The van der Waals surface area contributed by atoms with E-state index in [1.807, 2.05) is 19.9 Å². The maximum Gasteiger partial charge on any atom is 0.322 e. The topological polar surface area (TPSA) is 83.6 Å². The summed E-state index contributed by atoms with van der Waals surface area (Å²) in [7, 11) is 0. The lowest BCUT2D eigenvalue weighted by atomic mass is 10.2. The van der Waals surface area contributed by atoms with Gasteiger partial charge in [-0.2, -0.15) is 0 Å². The van der Waals surface area contributed by atoms with Gasteiger partial charge in [0.1, 0.15) is 5.03 Å². The van der Waals surface area contributed by atoms with Crippen molar-refractivity contribution in [1.29, 1.82) is 0 Å². The Hall–Kier alpha value is -1.80. The molecule has 7 nitrogen and oxygen atoms in total. The van der Waals surface area contributed by atoms with E-state index in [2.05, 4.69) is 15.6 Å². The van der Waals surface area contributed by atoms with E-state index in [9.17, 15) is 9.59 Å². The number of aryl methyl sites for hydroxylation is 2. The van der Waals surface area contributed by atoms with Crippen LogP contribution in [0.25, 0.3) is 0 Å². The van der Waals surface area contributed by atoms with Crippen LogP contribution in [0.4, 0.5) is 10.5 Å². The van der Waals surface area contributed by atoms with E-state index in [4.69, 9.17) is 4.74 Å². The van der Waals surface area contributed by atoms with Gasteiger partial charge in [-0.3, -0.25) is 9.69 Å². The number of anilines is 1. The number of rotatable bonds is 4. The molecule has 1 aromatic rings. The van der Waals surface area contributed by atoms with Gasteiger partial charge in [0.05, 0.1) is 18.3 Å². The van der Waals surface area contributed by atoms with Crippen LogP contribution in [-0.4, -0.2) is 55.0 Å². The third kappa shape index (κ3) is 4.43. The zero-order chi connectivity index (χ0) is 17.8. The number of amides is 3. The average Bonchev–Trinajstić information content (AvgIpc) is 3.10. The summed E-state index contributed by atoms with van der Waals surface area (Å²) in [6, 6.07) is 1.71. The highest BCUT2D eigenvalue weighted by atomic mass is 32.2. The number of pyridine rings is 1. The number of fused-ring (bicyclic) bond motifs is 1. The fourth-order valence-corrected chi connectivity index (χ4v) is 4.20. The molecule has 0 aliphatic carbocycles. The molecule has 2 N–H and O–H groups in total. The van der Waals surface area contributed by atoms with Gasteiger partial charge < -0.3 is 15.4 Å². The molecule has 136 valence electrons. The van der Waals surface area contributed by atoms with Gasteiger partial charge in [-0.1, -0.05) is 0 Å². The normalized spacial score (nSPS) is 19.4. The molecule has 8 heteroatoms. The molecule has 0 bridgehead atoms. The highest BCUT2D eigenvalue weighted by Crippen LogP contribution is 2.36. The first kappa shape index (κ1) is 18.0. The lowest BCUT2D eigenvalue weighted by Gasteiger charge is -2.30. The Bertz CT molecular complexity index is 662. The number of nitrogens with zero attached hydrogens (tertiary/aromatic N) is 2. The lowest BCUT2D eigenvalue weighted by molar-refractivity contribution is -0.120. The van der Waals surface area contributed by atoms with Crippen molar-refractivity contribution < 1.29 is 14.3 Å². The van der Waals surface area contributed by atoms with Crippen molar-refractivity contribution >= 4 is 29.4 Å². The standard InChI is InChI=1S/C17H24N4O3S/c1-11-8-12(2)20-16-15(11)21(5-7-25-16)17(23)19-10-14(22)18-9-13-4-3-6-24-13/h8,13H,3-7,9-10H2,1-2H3,(H,18,22)(H,19,23)/t13-/m1/s1. The van der Waals surface area contributed by atoms with Crippen LogP contribution < -0.4 is 15.5 Å². The van der Waals surface area contributed by atoms with E-state index < -0.39 is 0 Å². The predicted octanol–water partition coefficient (Wildman–Crippen LogP) is 1.62. The zero-order valence-electron chi connectivity index (χ0n) is 14.6. The van der Waals surface area contributed by atoms with E-state index in [0.717, 1.165) is 47.2 Å². The third-order valence-corrected chi connectivity index (χ3v) is 5.24. The average molecular weight is 364 g/mol. The quantitative estimate of drug-likeness (QED) is 0.848. The van der Waals surface area contributed by atoms with Gasteiger partial charge in [0.15, 0.2) is 0 Å². The van der Waals surface area contributed by atoms with E-state index >= 15 is 0 Å². The van der Waals surface area contributed by atoms with Gasteiger partial charge in [0.2, 0.25) is 5.91 Å². The molecule has 1 fully saturated rings. The minimum absolute atomic E-state index is 0.0388. The van der Waals surface area contributed by atoms with Crippen molar-refractivity contribution in [3.8, 4) is 0 Å². The number of ether oxygens (including phenoxy) is 1. The van der Waals surface area contributed by atoms with Crippen LogP contribution >= 0.6 is 11.8 Å². The second-order valence-electron chi connectivity index (χ2n) is 6.33. The molecule has 1 atom stereocenters. The summed E-state index contributed by atoms with van der Waals surface area (Å²) in [5.41, 5.74) is 2.81. The number of carbonyl (C=O) groups is 2. The highest BCUT2D eigenvalue weighted by Gasteiger charge is 2.26. The van der Waals surface area contributed by atoms with Crippen molar-refractivity contribution in [1.82, 2.24) is 15.6 Å². The lowest BCUT2D eigenvalue weighted by Crippen LogP contribution is -2.47. The van der Waals surface area contributed by atoms with Gasteiger partial charge in [-0.25, -0.2) is 9.78 Å². The number of hydrogen-bond donors (Lipinski definition) is 2. The van der Waals surface area contributed by atoms with Crippen LogP contribution in [-0.2, 0) is 9.53 Å². The summed E-state index contributed by atoms with van der Waals surface area (Å²) in [5, 5.41) is 6.39. The molecule has 2 aliphatic rings. The van der Waals surface area contributed by atoms with E-state index in [0.29, 0.717) is 13.1 Å². The van der Waals surface area contributed by atoms with Gasteiger partial charge in [0.25, 0.3) is 0 Å². The second-order valence-corrected chi connectivity index (χ2v) is 7.42. The number of urea groups is 1. The fourth-order valence-electron chi connectivity index (χ4n) is 3.12. The molecule has 1 aromatic heterocycles. The van der Waals surface area contributed by atoms with E-state index in [1.165, 1.54) is 0 Å². The van der Waals surface area contributed by atoms with Crippen LogP contribution in [0.5, 0.6) is 0 Å². The SMILES string of the molecule is Cc1cc(C)c2c(n1)SCCN2C(=O)NCC(=O)NC[C@H]1CCCO1. The Morgan fingerprint density at radius 1 is 1.40 bits per heavy atom. The number of carbonyl (C=O) groups excluding carboxylic acids is 2. The number of thioether (sulfide) groups is 1. The predicted molar refractivity (Wildman–Crippen MR) is 97.2 cm³/mol. The maximum absolute atomic E-state index is 12.5. The molecule has 0 radical (unpaired) electrons. The Morgan fingerprint density at radius 3 is 3.00 bits per heavy atom. The Balaban J connectivity index is 1.54. The van der Waals surface area contributed by atoms with Crippen molar-refractivity contribution in [3.05, 3.63) is 17.3 Å². The van der Waals surface area contributed by atoms with Crippen LogP contribution in [0.2, 0.25) is 0 Å². The van der Waals surface area contributed by atoms with Crippen LogP contribution in [0.3, 0.4) is 0 Å². The van der Waals surface area contributed by atoms with Gasteiger partial charge in [-0.05, 0) is 38.3 Å². The summed E-state index contributed by atoms with van der Waals surface area (Å²) < 4.78 is 5.47. The van der Waals surface area contributed by atoms with Crippen LogP contribution in [0, 0.1) is 13.8 Å². The van der Waals surface area contributed by atoms with E-state index in [-0.39, 0.29) is 24.6 Å². The van der Waals surface area contributed by atoms with Crippen molar-refractivity contribution in [3.63, 3.8) is 0 Å².